The third kappa shape index (κ3) is 1.93. The first kappa shape index (κ1) is 11.4. The topological polar surface area (TPSA) is 30.7 Å². The minimum absolute atomic E-state index is 0.795. The molecule has 3 aromatic rings. The van der Waals surface area contributed by atoms with Crippen molar-refractivity contribution in [3.63, 3.8) is 0 Å². The molecule has 4 heteroatoms. The quantitative estimate of drug-likeness (QED) is 0.704. The Morgan fingerprint density at radius 1 is 1.17 bits per heavy atom. The Kier molecular flexibility index (Phi) is 2.67. The van der Waals surface area contributed by atoms with Crippen LogP contribution in [0.2, 0.25) is 0 Å². The van der Waals surface area contributed by atoms with Crippen LogP contribution in [0.25, 0.3) is 11.0 Å². The summed E-state index contributed by atoms with van der Waals surface area (Å²) in [5, 5.41) is 3.23. The fraction of sp³-hybridized carbons (Fsp3) is 0.286. The molecule has 0 amide bonds. The lowest BCUT2D eigenvalue weighted by Gasteiger charge is -2.04. The third-order valence-electron chi connectivity index (χ3n) is 3.24. The number of nitrogens with zero attached hydrogens (tertiary/aromatic N) is 3. The number of thiazole rings is 1. The lowest BCUT2D eigenvalue weighted by atomic mass is 10.1. The van der Waals surface area contributed by atoms with Crippen LogP contribution in [-0.2, 0) is 6.54 Å². The van der Waals surface area contributed by atoms with Gasteiger partial charge in [-0.05, 0) is 44.0 Å². The van der Waals surface area contributed by atoms with Crippen molar-refractivity contribution in [2.75, 3.05) is 0 Å². The highest BCUT2D eigenvalue weighted by Crippen LogP contribution is 2.19. The van der Waals surface area contributed by atoms with Gasteiger partial charge in [-0.3, -0.25) is 0 Å². The van der Waals surface area contributed by atoms with Crippen LogP contribution in [0.1, 0.15) is 21.8 Å². The number of aromatic nitrogens is 3. The van der Waals surface area contributed by atoms with Crippen LogP contribution < -0.4 is 0 Å². The molecule has 0 unspecified atom stereocenters. The van der Waals surface area contributed by atoms with E-state index in [4.69, 9.17) is 0 Å². The molecule has 2 heterocycles. The van der Waals surface area contributed by atoms with Crippen LogP contribution in [0.15, 0.2) is 23.8 Å². The van der Waals surface area contributed by atoms with Crippen LogP contribution in [0.3, 0.4) is 0 Å². The number of hydrogen-bond acceptors (Lipinski definition) is 3. The molecule has 0 aliphatic rings. The van der Waals surface area contributed by atoms with E-state index in [0.29, 0.717) is 0 Å². The molecule has 0 N–H and O–H groups in total. The summed E-state index contributed by atoms with van der Waals surface area (Å²) >= 11 is 1.69. The maximum absolute atomic E-state index is 4.50. The molecule has 0 atom stereocenters. The number of aryl methyl sites for hydroxylation is 3. The molecule has 0 aliphatic heterocycles. The van der Waals surface area contributed by atoms with Gasteiger partial charge in [0.25, 0.3) is 0 Å². The lowest BCUT2D eigenvalue weighted by Crippen LogP contribution is -1.98. The maximum Gasteiger partial charge on any atom is 0.0962 e. The molecule has 3 nitrogen and oxygen atoms in total. The van der Waals surface area contributed by atoms with E-state index < -0.39 is 0 Å². The van der Waals surface area contributed by atoms with Gasteiger partial charge in [0.05, 0.1) is 34.6 Å². The van der Waals surface area contributed by atoms with Gasteiger partial charge in [-0.25, -0.2) is 9.97 Å². The Morgan fingerprint density at radius 3 is 2.67 bits per heavy atom. The molecule has 0 fully saturated rings. The monoisotopic (exact) mass is 257 g/mol. The molecular formula is C14H15N3S. The van der Waals surface area contributed by atoms with E-state index in [2.05, 4.69) is 45.9 Å². The predicted octanol–water partition coefficient (Wildman–Crippen LogP) is 3.47. The smallest absolute Gasteiger partial charge is 0.0962 e. The summed E-state index contributed by atoms with van der Waals surface area (Å²) in [6.07, 6.45) is 1.90. The van der Waals surface area contributed by atoms with Gasteiger partial charge in [0.2, 0.25) is 0 Å². The Balaban J connectivity index is 2.04. The molecule has 0 aliphatic carbocycles. The number of imidazole rings is 1. The van der Waals surface area contributed by atoms with Gasteiger partial charge in [0.15, 0.2) is 0 Å². The number of benzene rings is 1. The summed E-state index contributed by atoms with van der Waals surface area (Å²) in [6.45, 7) is 7.09. The van der Waals surface area contributed by atoms with E-state index >= 15 is 0 Å². The van der Waals surface area contributed by atoms with Crippen LogP contribution in [0.4, 0.5) is 0 Å². The number of hydrogen-bond donors (Lipinski definition) is 0. The normalized spacial score (nSPS) is 11.3. The highest BCUT2D eigenvalue weighted by atomic mass is 32.1. The summed E-state index contributed by atoms with van der Waals surface area (Å²) in [4.78, 5) is 8.96. The van der Waals surface area contributed by atoms with Crippen molar-refractivity contribution in [1.29, 1.82) is 0 Å². The second-order valence-corrected chi connectivity index (χ2v) is 5.72. The molecule has 92 valence electrons. The minimum Gasteiger partial charge on any atom is -0.324 e. The van der Waals surface area contributed by atoms with Crippen molar-refractivity contribution in [2.24, 2.45) is 0 Å². The van der Waals surface area contributed by atoms with E-state index in [1.54, 1.807) is 11.3 Å². The maximum atomic E-state index is 4.50. The van der Waals surface area contributed by atoms with Crippen molar-refractivity contribution in [1.82, 2.24) is 14.5 Å². The summed E-state index contributed by atoms with van der Waals surface area (Å²) in [7, 11) is 0. The first-order chi connectivity index (χ1) is 8.63. The Hall–Kier alpha value is -1.68. The largest absolute Gasteiger partial charge is 0.324 e. The van der Waals surface area contributed by atoms with Gasteiger partial charge in [0.1, 0.15) is 0 Å². The van der Waals surface area contributed by atoms with E-state index in [1.165, 1.54) is 16.6 Å². The molecular weight excluding hydrogens is 242 g/mol. The highest BCUT2D eigenvalue weighted by Gasteiger charge is 2.06. The van der Waals surface area contributed by atoms with Gasteiger partial charge in [-0.2, -0.15) is 0 Å². The summed E-state index contributed by atoms with van der Waals surface area (Å²) in [5.74, 6) is 0. The van der Waals surface area contributed by atoms with Crippen molar-refractivity contribution < 1.29 is 0 Å². The Morgan fingerprint density at radius 2 is 1.94 bits per heavy atom. The first-order valence-electron chi connectivity index (χ1n) is 5.96. The van der Waals surface area contributed by atoms with E-state index in [1.807, 2.05) is 13.3 Å². The zero-order chi connectivity index (χ0) is 12.7. The van der Waals surface area contributed by atoms with Gasteiger partial charge in [0, 0.05) is 5.38 Å². The van der Waals surface area contributed by atoms with Gasteiger partial charge in [-0.1, -0.05) is 0 Å². The van der Waals surface area contributed by atoms with Crippen molar-refractivity contribution in [2.45, 2.75) is 27.3 Å². The standard InChI is InChI=1S/C14H15N3S/c1-9-4-13-14(5-10(9)2)17(8-15-13)6-12-7-18-11(3)16-12/h4-5,7-8H,6H2,1-3H3. The number of fused-ring (bicyclic) bond motifs is 1. The molecule has 18 heavy (non-hydrogen) atoms. The Bertz CT molecular complexity index is 709. The van der Waals surface area contributed by atoms with Crippen LogP contribution in [-0.4, -0.2) is 14.5 Å². The molecule has 0 saturated heterocycles. The van der Waals surface area contributed by atoms with Gasteiger partial charge in [-0.15, -0.1) is 11.3 Å². The number of rotatable bonds is 2. The summed E-state index contributed by atoms with van der Waals surface area (Å²) in [6, 6.07) is 4.35. The second kappa shape index (κ2) is 4.21. The van der Waals surface area contributed by atoms with Gasteiger partial charge < -0.3 is 4.57 Å². The first-order valence-corrected chi connectivity index (χ1v) is 6.84. The van der Waals surface area contributed by atoms with Crippen molar-refractivity contribution in [3.05, 3.63) is 45.7 Å². The average Bonchev–Trinajstić information content (AvgIpc) is 2.89. The van der Waals surface area contributed by atoms with E-state index in [0.717, 1.165) is 22.8 Å². The zero-order valence-electron chi connectivity index (χ0n) is 10.8. The van der Waals surface area contributed by atoms with Crippen molar-refractivity contribution >= 4 is 22.4 Å². The van der Waals surface area contributed by atoms with Crippen molar-refractivity contribution in [3.8, 4) is 0 Å². The third-order valence-corrected chi connectivity index (χ3v) is 4.06. The average molecular weight is 257 g/mol. The SMILES string of the molecule is Cc1nc(Cn2cnc3cc(C)c(C)cc32)cs1. The molecule has 0 radical (unpaired) electrons. The molecule has 0 bridgehead atoms. The van der Waals surface area contributed by atoms with Crippen LogP contribution >= 0.6 is 11.3 Å². The summed E-state index contributed by atoms with van der Waals surface area (Å²) in [5.41, 5.74) is 5.94. The van der Waals surface area contributed by atoms with E-state index in [-0.39, 0.29) is 0 Å². The molecule has 0 spiro atoms. The van der Waals surface area contributed by atoms with Crippen LogP contribution in [0, 0.1) is 20.8 Å². The zero-order valence-corrected chi connectivity index (χ0v) is 11.6. The molecule has 0 saturated carbocycles. The fourth-order valence-electron chi connectivity index (χ4n) is 2.09. The van der Waals surface area contributed by atoms with E-state index in [9.17, 15) is 0 Å². The lowest BCUT2D eigenvalue weighted by molar-refractivity contribution is 0.801. The Labute approximate surface area is 110 Å². The predicted molar refractivity (Wildman–Crippen MR) is 75.2 cm³/mol. The van der Waals surface area contributed by atoms with Gasteiger partial charge >= 0.3 is 0 Å². The molecule has 2 aromatic heterocycles. The fourth-order valence-corrected chi connectivity index (χ4v) is 2.70. The minimum atomic E-state index is 0.795. The highest BCUT2D eigenvalue weighted by molar-refractivity contribution is 7.09. The summed E-state index contributed by atoms with van der Waals surface area (Å²) < 4.78 is 2.16. The van der Waals surface area contributed by atoms with Crippen LogP contribution in [0.5, 0.6) is 0 Å². The molecule has 1 aromatic carbocycles. The molecule has 3 rings (SSSR count). The second-order valence-electron chi connectivity index (χ2n) is 4.66.